The monoisotopic (exact) mass is 368 g/mol. The quantitative estimate of drug-likeness (QED) is 0.760. The maximum absolute atomic E-state index is 12.7. The summed E-state index contributed by atoms with van der Waals surface area (Å²) in [7, 11) is 3.13. The molecule has 9 heteroatoms. The van der Waals surface area contributed by atoms with E-state index in [-0.39, 0.29) is 11.6 Å². The van der Waals surface area contributed by atoms with E-state index in [1.807, 2.05) is 6.07 Å². The van der Waals surface area contributed by atoms with Gasteiger partial charge in [-0.05, 0) is 25.0 Å². The Labute approximate surface area is 154 Å². The van der Waals surface area contributed by atoms with Crippen LogP contribution >= 0.6 is 11.3 Å². The predicted octanol–water partition coefficient (Wildman–Crippen LogP) is 1.99. The zero-order valence-corrected chi connectivity index (χ0v) is 15.2. The van der Waals surface area contributed by atoms with Crippen LogP contribution in [0.5, 0.6) is 5.75 Å². The molecule has 0 unspecified atom stereocenters. The van der Waals surface area contributed by atoms with Crippen molar-refractivity contribution < 1.29 is 9.53 Å². The first kappa shape index (κ1) is 17.6. The van der Waals surface area contributed by atoms with Gasteiger partial charge in [-0.1, -0.05) is 0 Å². The molecule has 0 saturated carbocycles. The van der Waals surface area contributed by atoms with E-state index in [2.05, 4.69) is 16.2 Å². The molecule has 0 spiro atoms. The minimum Gasteiger partial charge on any atom is -0.494 e. The number of likely N-dealkylation sites (tertiary alicyclic amines) is 1. The second-order valence-electron chi connectivity index (χ2n) is 5.72. The van der Waals surface area contributed by atoms with E-state index in [0.29, 0.717) is 35.2 Å². The predicted molar refractivity (Wildman–Crippen MR) is 95.4 cm³/mol. The van der Waals surface area contributed by atoms with E-state index >= 15 is 0 Å². The number of amides is 1. The molecule has 0 bridgehead atoms. The molecule has 0 radical (unpaired) electrons. The maximum atomic E-state index is 12.7. The normalized spacial score (nSPS) is 16.0. The van der Waals surface area contributed by atoms with Gasteiger partial charge in [0.2, 0.25) is 0 Å². The van der Waals surface area contributed by atoms with Gasteiger partial charge in [0.1, 0.15) is 17.8 Å². The van der Waals surface area contributed by atoms with Gasteiger partial charge in [0, 0.05) is 19.0 Å². The average molecular weight is 368 g/mol. The molecular formula is C17H16N6O2S. The number of hydrogen-bond acceptors (Lipinski definition) is 8. The topological polar surface area (TPSA) is 106 Å². The smallest absolute Gasteiger partial charge is 0.251 e. The van der Waals surface area contributed by atoms with Crippen LogP contribution in [0.25, 0.3) is 11.4 Å². The maximum Gasteiger partial charge on any atom is 0.251 e. The van der Waals surface area contributed by atoms with Crippen LogP contribution in [0.2, 0.25) is 0 Å². The molecule has 1 saturated heterocycles. The van der Waals surface area contributed by atoms with E-state index < -0.39 is 6.04 Å². The van der Waals surface area contributed by atoms with Crippen molar-refractivity contribution in [1.29, 1.82) is 10.5 Å². The van der Waals surface area contributed by atoms with Crippen LogP contribution in [0.1, 0.15) is 18.5 Å². The number of aromatic nitrogens is 2. The second kappa shape index (κ2) is 7.38. The zero-order valence-electron chi connectivity index (χ0n) is 14.3. The highest BCUT2D eigenvalue weighted by atomic mass is 32.1. The lowest BCUT2D eigenvalue weighted by Gasteiger charge is -2.22. The number of ether oxygens (including phenoxy) is 1. The van der Waals surface area contributed by atoms with Gasteiger partial charge >= 0.3 is 0 Å². The number of likely N-dealkylation sites (N-methyl/N-ethyl adjacent to an activating group) is 1. The fraction of sp³-hybridized carbons (Fsp3) is 0.353. The molecule has 2 aromatic heterocycles. The van der Waals surface area contributed by atoms with Crippen molar-refractivity contribution in [2.75, 3.05) is 25.6 Å². The van der Waals surface area contributed by atoms with E-state index in [9.17, 15) is 4.79 Å². The molecule has 3 heterocycles. The molecule has 1 amide bonds. The van der Waals surface area contributed by atoms with Crippen molar-refractivity contribution in [3.05, 3.63) is 23.2 Å². The van der Waals surface area contributed by atoms with Crippen molar-refractivity contribution in [1.82, 2.24) is 14.9 Å². The number of nitriles is 2. The van der Waals surface area contributed by atoms with Crippen molar-refractivity contribution in [3.8, 4) is 29.4 Å². The van der Waals surface area contributed by atoms with E-state index in [1.165, 1.54) is 28.2 Å². The van der Waals surface area contributed by atoms with E-state index in [1.54, 1.807) is 24.6 Å². The molecule has 132 valence electrons. The lowest BCUT2D eigenvalue weighted by molar-refractivity contribution is -0.121. The molecule has 0 aromatic carbocycles. The fourth-order valence-electron chi connectivity index (χ4n) is 2.83. The summed E-state index contributed by atoms with van der Waals surface area (Å²) in [5.74, 6) is 0.252. The summed E-state index contributed by atoms with van der Waals surface area (Å²) >= 11 is 1.31. The molecule has 3 rings (SSSR count). The Hall–Kier alpha value is -3.17. The number of nitrogens with zero attached hydrogens (tertiary/aromatic N) is 6. The molecule has 1 aliphatic heterocycles. The van der Waals surface area contributed by atoms with Crippen LogP contribution in [0.15, 0.2) is 17.5 Å². The van der Waals surface area contributed by atoms with E-state index in [4.69, 9.17) is 15.3 Å². The molecule has 0 N–H and O–H groups in total. The number of hydrogen-bond donors (Lipinski definition) is 0. The number of rotatable bonds is 4. The van der Waals surface area contributed by atoms with Gasteiger partial charge in [-0.15, -0.1) is 11.3 Å². The number of carbonyl (C=O) groups is 1. The van der Waals surface area contributed by atoms with Gasteiger partial charge in [-0.3, -0.25) is 14.6 Å². The molecular weight excluding hydrogens is 352 g/mol. The Morgan fingerprint density at radius 2 is 2.19 bits per heavy atom. The highest BCUT2D eigenvalue weighted by molar-refractivity contribution is 7.14. The first-order valence-corrected chi connectivity index (χ1v) is 8.82. The summed E-state index contributed by atoms with van der Waals surface area (Å²) in [5, 5.41) is 20.6. The van der Waals surface area contributed by atoms with Crippen LogP contribution in [0.4, 0.5) is 5.13 Å². The third kappa shape index (κ3) is 3.17. The minimum atomic E-state index is -0.429. The number of pyridine rings is 1. The number of carbonyl (C=O) groups excluding carboxylic acids is 1. The highest BCUT2D eigenvalue weighted by Crippen LogP contribution is 2.29. The lowest BCUT2D eigenvalue weighted by Crippen LogP contribution is -2.42. The van der Waals surface area contributed by atoms with Crippen LogP contribution in [0, 0.1) is 22.8 Å². The summed E-state index contributed by atoms with van der Waals surface area (Å²) in [6.45, 7) is 0.608. The third-order valence-electron chi connectivity index (χ3n) is 4.22. The van der Waals surface area contributed by atoms with E-state index in [0.717, 1.165) is 6.42 Å². The van der Waals surface area contributed by atoms with Gasteiger partial charge in [0.15, 0.2) is 22.8 Å². The summed E-state index contributed by atoms with van der Waals surface area (Å²) in [4.78, 5) is 24.4. The SMILES string of the molecule is COc1ccc(-c2csc(N(C)C(=O)[C@@H]3CCCN3C#N)n2)nc1C#N. The van der Waals surface area contributed by atoms with Gasteiger partial charge in [0.25, 0.3) is 5.91 Å². The Morgan fingerprint density at radius 3 is 2.88 bits per heavy atom. The van der Waals surface area contributed by atoms with Gasteiger partial charge in [0.05, 0.1) is 12.8 Å². The molecule has 0 aliphatic carbocycles. The van der Waals surface area contributed by atoms with Crippen LogP contribution < -0.4 is 9.64 Å². The Bertz CT molecular complexity index is 913. The molecule has 1 aliphatic rings. The number of thiazole rings is 1. The Balaban J connectivity index is 1.83. The van der Waals surface area contributed by atoms with Crippen LogP contribution in [-0.2, 0) is 4.79 Å². The summed E-state index contributed by atoms with van der Waals surface area (Å²) < 4.78 is 5.09. The number of methoxy groups -OCH3 is 1. The summed E-state index contributed by atoms with van der Waals surface area (Å²) in [6.07, 6.45) is 3.57. The first-order valence-electron chi connectivity index (χ1n) is 7.94. The standard InChI is InChI=1S/C17H16N6O2S/c1-22(16(24)14-4-3-7-23(14)10-19)17-21-13(9-26-17)11-5-6-15(25-2)12(8-18)20-11/h5-6,9,14H,3-4,7H2,1-2H3/t14-/m0/s1. The van der Waals surface area contributed by atoms with Gasteiger partial charge < -0.3 is 4.74 Å². The Kier molecular flexibility index (Phi) is 5.01. The number of anilines is 1. The van der Waals surface area contributed by atoms with Crippen LogP contribution in [0.3, 0.4) is 0 Å². The van der Waals surface area contributed by atoms with Crippen molar-refractivity contribution >= 4 is 22.4 Å². The van der Waals surface area contributed by atoms with Crippen LogP contribution in [-0.4, -0.2) is 47.5 Å². The second-order valence-corrected chi connectivity index (χ2v) is 6.56. The van der Waals surface area contributed by atoms with Crippen molar-refractivity contribution in [3.63, 3.8) is 0 Å². The highest BCUT2D eigenvalue weighted by Gasteiger charge is 2.33. The lowest BCUT2D eigenvalue weighted by atomic mass is 10.2. The molecule has 1 atom stereocenters. The summed E-state index contributed by atoms with van der Waals surface area (Å²) in [6, 6.07) is 4.94. The molecule has 1 fully saturated rings. The van der Waals surface area contributed by atoms with Crippen molar-refractivity contribution in [2.24, 2.45) is 0 Å². The summed E-state index contributed by atoms with van der Waals surface area (Å²) in [5.41, 5.74) is 1.29. The molecule has 8 nitrogen and oxygen atoms in total. The van der Waals surface area contributed by atoms with Gasteiger partial charge in [-0.25, -0.2) is 9.97 Å². The first-order chi connectivity index (χ1) is 12.6. The fourth-order valence-corrected chi connectivity index (χ4v) is 3.62. The average Bonchev–Trinajstić information content (AvgIpc) is 3.35. The largest absolute Gasteiger partial charge is 0.494 e. The molecule has 26 heavy (non-hydrogen) atoms. The minimum absolute atomic E-state index is 0.148. The zero-order chi connectivity index (χ0) is 18.7. The Morgan fingerprint density at radius 1 is 1.38 bits per heavy atom. The van der Waals surface area contributed by atoms with Gasteiger partial charge in [-0.2, -0.15) is 10.5 Å². The van der Waals surface area contributed by atoms with Crippen molar-refractivity contribution in [2.45, 2.75) is 18.9 Å². The molecule has 2 aromatic rings. The third-order valence-corrected chi connectivity index (χ3v) is 5.14.